The summed E-state index contributed by atoms with van der Waals surface area (Å²) < 4.78 is 123. The second-order valence-corrected chi connectivity index (χ2v) is 7.99. The number of alkyl halides is 9. The highest BCUT2D eigenvalue weighted by Crippen LogP contribution is 2.47. The molecule has 0 amide bonds. The molecule has 0 heterocycles. The number of halogens is 9. The zero-order valence-electron chi connectivity index (χ0n) is 17.1. The van der Waals surface area contributed by atoms with Crippen molar-refractivity contribution in [2.45, 2.75) is 43.7 Å². The normalized spacial score (nSPS) is 15.8. The van der Waals surface area contributed by atoms with Gasteiger partial charge in [0.05, 0.1) is 11.5 Å². The number of hydrogen-bond acceptors (Lipinski definition) is 2. The van der Waals surface area contributed by atoms with E-state index in [-0.39, 0.29) is 17.9 Å². The second-order valence-electron chi connectivity index (χ2n) is 7.99. The number of carbonyl (C=O) groups is 1. The number of hydrogen-bond donors (Lipinski definition) is 1. The Balaban J connectivity index is 2.21. The van der Waals surface area contributed by atoms with Crippen LogP contribution in [-0.4, -0.2) is 23.9 Å². The largest absolute Gasteiger partial charge is 0.483 e. The van der Waals surface area contributed by atoms with Crippen LogP contribution in [0, 0.1) is 5.92 Å². The lowest BCUT2D eigenvalue weighted by Crippen LogP contribution is -2.22. The fourth-order valence-electron chi connectivity index (χ4n) is 3.54. The number of aliphatic carboxylic acids is 1. The average Bonchev–Trinajstić information content (AvgIpc) is 3.52. The lowest BCUT2D eigenvalue weighted by Gasteiger charge is -2.22. The molecular formula is C22H17F9O3. The molecule has 0 spiro atoms. The lowest BCUT2D eigenvalue weighted by molar-refractivity contribution is -0.158. The second kappa shape index (κ2) is 9.03. The Morgan fingerprint density at radius 2 is 1.53 bits per heavy atom. The van der Waals surface area contributed by atoms with Gasteiger partial charge in [-0.1, -0.05) is 25.0 Å². The third-order valence-electron chi connectivity index (χ3n) is 5.29. The van der Waals surface area contributed by atoms with Crippen molar-refractivity contribution in [2.75, 3.05) is 6.61 Å². The number of rotatable bonds is 7. The molecule has 0 aliphatic heterocycles. The van der Waals surface area contributed by atoms with Gasteiger partial charge in [0.25, 0.3) is 0 Å². The molecule has 1 atom stereocenters. The topological polar surface area (TPSA) is 46.5 Å². The number of carboxylic acids is 1. The van der Waals surface area contributed by atoms with E-state index in [9.17, 15) is 49.4 Å². The maximum absolute atomic E-state index is 13.9. The molecule has 12 heteroatoms. The van der Waals surface area contributed by atoms with Crippen LogP contribution < -0.4 is 4.74 Å². The van der Waals surface area contributed by atoms with Crippen LogP contribution in [0.2, 0.25) is 0 Å². The van der Waals surface area contributed by atoms with E-state index in [0.29, 0.717) is 31.0 Å². The molecule has 2 aromatic carbocycles. The molecule has 1 aliphatic carbocycles. The van der Waals surface area contributed by atoms with E-state index < -0.39 is 65.0 Å². The Hall–Kier alpha value is -2.92. The molecule has 0 saturated heterocycles. The van der Waals surface area contributed by atoms with E-state index in [0.717, 1.165) is 18.2 Å². The third-order valence-corrected chi connectivity index (χ3v) is 5.29. The van der Waals surface area contributed by atoms with Crippen molar-refractivity contribution in [2.24, 2.45) is 5.92 Å². The summed E-state index contributed by atoms with van der Waals surface area (Å²) in [4.78, 5) is 11.8. The predicted octanol–water partition coefficient (Wildman–Crippen LogP) is 7.30. The molecule has 1 aliphatic rings. The van der Waals surface area contributed by atoms with Gasteiger partial charge in [0, 0.05) is 0 Å². The van der Waals surface area contributed by atoms with Crippen molar-refractivity contribution in [3.05, 3.63) is 53.1 Å². The minimum absolute atomic E-state index is 0.00236. The van der Waals surface area contributed by atoms with E-state index in [1.807, 2.05) is 0 Å². The standard InChI is InChI=1S/C22H17F9O3/c23-20(24,25)10-34-17-9-13(16(19(32)33)7-11-1-2-11)8-15(18(17)22(29,30)31)12-3-5-14(6-4-12)21(26,27)28/h3-6,8-9,11,16H,1-2,7,10H2,(H,32,33)/t16-/m1/s1. The zero-order chi connectivity index (χ0) is 25.5. The van der Waals surface area contributed by atoms with Crippen molar-refractivity contribution in [3.8, 4) is 16.9 Å². The maximum atomic E-state index is 13.9. The number of carboxylic acid groups (broad SMARTS) is 1. The Bertz CT molecular complexity index is 1030. The summed E-state index contributed by atoms with van der Waals surface area (Å²) in [5.74, 6) is -3.99. The number of benzene rings is 2. The quantitative estimate of drug-likeness (QED) is 0.406. The monoisotopic (exact) mass is 500 g/mol. The van der Waals surface area contributed by atoms with Gasteiger partial charge < -0.3 is 9.84 Å². The van der Waals surface area contributed by atoms with E-state index in [2.05, 4.69) is 4.74 Å². The van der Waals surface area contributed by atoms with E-state index in [1.165, 1.54) is 0 Å². The van der Waals surface area contributed by atoms with Crippen molar-refractivity contribution < 1.29 is 54.2 Å². The van der Waals surface area contributed by atoms with Gasteiger partial charge in [0.1, 0.15) is 11.3 Å². The summed E-state index contributed by atoms with van der Waals surface area (Å²) in [7, 11) is 0. The summed E-state index contributed by atoms with van der Waals surface area (Å²) in [5, 5.41) is 9.60. The molecule has 3 nitrogen and oxygen atoms in total. The van der Waals surface area contributed by atoms with Crippen LogP contribution in [0.25, 0.3) is 11.1 Å². The highest BCUT2D eigenvalue weighted by molar-refractivity contribution is 5.79. The van der Waals surface area contributed by atoms with Gasteiger partial charge in [0.15, 0.2) is 6.61 Å². The minimum atomic E-state index is -5.26. The molecule has 3 rings (SSSR count). The lowest BCUT2D eigenvalue weighted by atomic mass is 9.88. The summed E-state index contributed by atoms with van der Waals surface area (Å²) in [5.41, 5.74) is -4.20. The smallest absolute Gasteiger partial charge is 0.422 e. The fourth-order valence-corrected chi connectivity index (χ4v) is 3.54. The van der Waals surface area contributed by atoms with Crippen LogP contribution in [0.1, 0.15) is 41.9 Å². The van der Waals surface area contributed by atoms with Crippen LogP contribution in [0.15, 0.2) is 36.4 Å². The van der Waals surface area contributed by atoms with Gasteiger partial charge >= 0.3 is 24.5 Å². The maximum Gasteiger partial charge on any atom is 0.422 e. The van der Waals surface area contributed by atoms with Crippen molar-refractivity contribution in [1.29, 1.82) is 0 Å². The summed E-state index contributed by atoms with van der Waals surface area (Å²) in [6.07, 6.45) is -13.6. The molecule has 1 saturated carbocycles. The third kappa shape index (κ3) is 6.35. The molecule has 0 bridgehead atoms. The Morgan fingerprint density at radius 1 is 0.941 bits per heavy atom. The van der Waals surface area contributed by atoms with E-state index in [1.54, 1.807) is 0 Å². The Kier molecular flexibility index (Phi) is 6.82. The molecule has 1 fully saturated rings. The van der Waals surface area contributed by atoms with Crippen molar-refractivity contribution in [3.63, 3.8) is 0 Å². The van der Waals surface area contributed by atoms with Gasteiger partial charge in [-0.2, -0.15) is 39.5 Å². The molecule has 0 radical (unpaired) electrons. The molecule has 1 N–H and O–H groups in total. The first kappa shape index (κ1) is 25.7. The first-order valence-corrected chi connectivity index (χ1v) is 9.91. The van der Waals surface area contributed by atoms with Crippen LogP contribution in [0.4, 0.5) is 39.5 Å². The van der Waals surface area contributed by atoms with Gasteiger partial charge in [-0.3, -0.25) is 4.79 Å². The van der Waals surface area contributed by atoms with Gasteiger partial charge in [0.2, 0.25) is 0 Å². The number of ether oxygens (including phenoxy) is 1. The van der Waals surface area contributed by atoms with Crippen molar-refractivity contribution >= 4 is 5.97 Å². The zero-order valence-corrected chi connectivity index (χ0v) is 17.1. The highest BCUT2D eigenvalue weighted by Gasteiger charge is 2.41. The summed E-state index contributed by atoms with van der Waals surface area (Å²) in [6, 6.07) is 3.98. The highest BCUT2D eigenvalue weighted by atomic mass is 19.4. The molecule has 0 unspecified atom stereocenters. The molecule has 2 aromatic rings. The predicted molar refractivity (Wildman–Crippen MR) is 101 cm³/mol. The summed E-state index contributed by atoms with van der Waals surface area (Å²) >= 11 is 0. The molecule has 0 aromatic heterocycles. The molecule has 186 valence electrons. The van der Waals surface area contributed by atoms with Crippen LogP contribution >= 0.6 is 0 Å². The van der Waals surface area contributed by atoms with Gasteiger partial charge in [-0.25, -0.2) is 0 Å². The van der Waals surface area contributed by atoms with Crippen LogP contribution in [0.5, 0.6) is 5.75 Å². The average molecular weight is 500 g/mol. The summed E-state index contributed by atoms with van der Waals surface area (Å²) in [6.45, 7) is -2.08. The van der Waals surface area contributed by atoms with E-state index in [4.69, 9.17) is 0 Å². The minimum Gasteiger partial charge on any atom is -0.483 e. The fraction of sp³-hybridized carbons (Fsp3) is 0.409. The first-order valence-electron chi connectivity index (χ1n) is 9.91. The Labute approximate surface area is 187 Å². The van der Waals surface area contributed by atoms with E-state index >= 15 is 0 Å². The SMILES string of the molecule is O=C(O)[C@H](CC1CC1)c1cc(OCC(F)(F)F)c(C(F)(F)F)c(-c2ccc(C(F)(F)F)cc2)c1. The van der Waals surface area contributed by atoms with Gasteiger partial charge in [-0.15, -0.1) is 0 Å². The Morgan fingerprint density at radius 3 is 1.97 bits per heavy atom. The van der Waals surface area contributed by atoms with Crippen LogP contribution in [-0.2, 0) is 17.1 Å². The first-order chi connectivity index (χ1) is 15.6. The van der Waals surface area contributed by atoms with Gasteiger partial charge in [-0.05, 0) is 53.3 Å². The van der Waals surface area contributed by atoms with Crippen molar-refractivity contribution in [1.82, 2.24) is 0 Å². The molecular weight excluding hydrogens is 483 g/mol. The molecule has 34 heavy (non-hydrogen) atoms. The van der Waals surface area contributed by atoms with Crippen LogP contribution in [0.3, 0.4) is 0 Å².